The van der Waals surface area contributed by atoms with Gasteiger partial charge in [0.25, 0.3) is 5.91 Å². The van der Waals surface area contributed by atoms with Crippen molar-refractivity contribution < 1.29 is 32.2 Å². The molecule has 0 saturated carbocycles. The number of ether oxygens (including phenoxy) is 1. The van der Waals surface area contributed by atoms with E-state index in [2.05, 4.69) is 5.32 Å². The van der Waals surface area contributed by atoms with Crippen LogP contribution in [0.25, 0.3) is 0 Å². The standard InChI is InChI=1S/C22H26FN3O6S/c1-33(30,31)26-12-10-25(11-13-26)20(22(28)29)14-24-21(27)17-4-8-19(9-5-17)32-15-16-2-6-18(23)7-3-16/h2-9,20H,10-15H2,1H3,(H,24,27)(H,28,29). The second-order valence-corrected chi connectivity index (χ2v) is 9.68. The quantitative estimate of drug-likeness (QED) is 0.555. The number of carboxylic acids is 1. The molecule has 178 valence electrons. The number of aliphatic carboxylic acids is 1. The molecule has 0 spiro atoms. The van der Waals surface area contributed by atoms with Gasteiger partial charge >= 0.3 is 5.97 Å². The van der Waals surface area contributed by atoms with Gasteiger partial charge in [-0.05, 0) is 42.0 Å². The summed E-state index contributed by atoms with van der Waals surface area (Å²) in [6.45, 7) is 1.07. The molecule has 3 rings (SSSR count). The molecule has 33 heavy (non-hydrogen) atoms. The summed E-state index contributed by atoms with van der Waals surface area (Å²) < 4.78 is 43.1. The highest BCUT2D eigenvalue weighted by atomic mass is 32.2. The molecule has 1 saturated heterocycles. The van der Waals surface area contributed by atoms with Gasteiger partial charge in [-0.15, -0.1) is 0 Å². The molecule has 0 radical (unpaired) electrons. The van der Waals surface area contributed by atoms with Gasteiger partial charge in [0, 0.05) is 38.3 Å². The lowest BCUT2D eigenvalue weighted by Gasteiger charge is -2.36. The highest BCUT2D eigenvalue weighted by Crippen LogP contribution is 2.15. The summed E-state index contributed by atoms with van der Waals surface area (Å²) in [6.07, 6.45) is 1.12. The van der Waals surface area contributed by atoms with E-state index in [0.717, 1.165) is 11.8 Å². The Morgan fingerprint density at radius 3 is 2.21 bits per heavy atom. The monoisotopic (exact) mass is 479 g/mol. The van der Waals surface area contributed by atoms with Crippen molar-refractivity contribution in [3.05, 3.63) is 65.5 Å². The molecule has 1 atom stereocenters. The Labute approximate surface area is 191 Å². The first kappa shape index (κ1) is 24.6. The number of halogens is 1. The number of hydrogen-bond acceptors (Lipinski definition) is 6. The Hall–Kier alpha value is -3.02. The number of carboxylic acid groups (broad SMARTS) is 1. The van der Waals surface area contributed by atoms with Crippen LogP contribution >= 0.6 is 0 Å². The molecule has 2 aromatic carbocycles. The average Bonchev–Trinajstić information content (AvgIpc) is 2.78. The Kier molecular flexibility index (Phi) is 8.01. The first-order chi connectivity index (χ1) is 15.6. The fraction of sp³-hybridized carbons (Fsp3) is 0.364. The number of nitrogens with one attached hydrogen (secondary N) is 1. The number of nitrogens with zero attached hydrogens (tertiary/aromatic N) is 2. The van der Waals surface area contributed by atoms with E-state index >= 15 is 0 Å². The highest BCUT2D eigenvalue weighted by molar-refractivity contribution is 7.88. The van der Waals surface area contributed by atoms with Crippen molar-refractivity contribution in [2.45, 2.75) is 12.6 Å². The van der Waals surface area contributed by atoms with Crippen LogP contribution in [-0.2, 0) is 21.4 Å². The molecule has 0 bridgehead atoms. The van der Waals surface area contributed by atoms with Crippen LogP contribution in [0, 0.1) is 5.82 Å². The minimum Gasteiger partial charge on any atom is -0.489 e. The van der Waals surface area contributed by atoms with E-state index < -0.39 is 27.9 Å². The van der Waals surface area contributed by atoms with E-state index in [9.17, 15) is 27.5 Å². The van der Waals surface area contributed by atoms with Crippen molar-refractivity contribution in [3.8, 4) is 5.75 Å². The van der Waals surface area contributed by atoms with Gasteiger partial charge in [-0.1, -0.05) is 12.1 Å². The lowest BCUT2D eigenvalue weighted by atomic mass is 10.1. The second kappa shape index (κ2) is 10.7. The maximum Gasteiger partial charge on any atom is 0.322 e. The number of hydrogen-bond donors (Lipinski definition) is 2. The van der Waals surface area contributed by atoms with E-state index in [-0.39, 0.29) is 45.1 Å². The average molecular weight is 480 g/mol. The number of sulfonamides is 1. The Balaban J connectivity index is 1.51. The molecule has 0 aliphatic carbocycles. The van der Waals surface area contributed by atoms with Crippen LogP contribution in [0.15, 0.2) is 48.5 Å². The van der Waals surface area contributed by atoms with Crippen molar-refractivity contribution in [2.24, 2.45) is 0 Å². The number of benzene rings is 2. The fourth-order valence-corrected chi connectivity index (χ4v) is 4.29. The molecule has 11 heteroatoms. The zero-order valence-electron chi connectivity index (χ0n) is 18.1. The van der Waals surface area contributed by atoms with E-state index in [1.165, 1.54) is 16.4 Å². The second-order valence-electron chi connectivity index (χ2n) is 7.70. The minimum absolute atomic E-state index is 0.115. The summed E-state index contributed by atoms with van der Waals surface area (Å²) in [5.41, 5.74) is 1.14. The van der Waals surface area contributed by atoms with Crippen molar-refractivity contribution in [1.82, 2.24) is 14.5 Å². The van der Waals surface area contributed by atoms with Gasteiger partial charge in [-0.2, -0.15) is 4.31 Å². The number of carbonyl (C=O) groups is 2. The van der Waals surface area contributed by atoms with Gasteiger partial charge in [-0.25, -0.2) is 12.8 Å². The Morgan fingerprint density at radius 1 is 1.06 bits per heavy atom. The van der Waals surface area contributed by atoms with Crippen LogP contribution in [0.2, 0.25) is 0 Å². The third kappa shape index (κ3) is 6.98. The van der Waals surface area contributed by atoms with Crippen LogP contribution in [0.4, 0.5) is 4.39 Å². The third-order valence-corrected chi connectivity index (χ3v) is 6.66. The highest BCUT2D eigenvalue weighted by Gasteiger charge is 2.31. The summed E-state index contributed by atoms with van der Waals surface area (Å²) in [4.78, 5) is 25.8. The third-order valence-electron chi connectivity index (χ3n) is 5.36. The molecule has 1 fully saturated rings. The Morgan fingerprint density at radius 2 is 1.67 bits per heavy atom. The van der Waals surface area contributed by atoms with Crippen molar-refractivity contribution in [3.63, 3.8) is 0 Å². The van der Waals surface area contributed by atoms with Crippen molar-refractivity contribution >= 4 is 21.9 Å². The normalized spacial score (nSPS) is 16.2. The van der Waals surface area contributed by atoms with E-state index in [4.69, 9.17) is 4.74 Å². The summed E-state index contributed by atoms with van der Waals surface area (Å²) >= 11 is 0. The molecule has 1 unspecified atom stereocenters. The maximum atomic E-state index is 13.0. The first-order valence-electron chi connectivity index (χ1n) is 10.3. The lowest BCUT2D eigenvalue weighted by molar-refractivity contribution is -0.143. The predicted molar refractivity (Wildman–Crippen MR) is 119 cm³/mol. The van der Waals surface area contributed by atoms with Gasteiger partial charge in [0.15, 0.2) is 0 Å². The van der Waals surface area contributed by atoms with Gasteiger partial charge < -0.3 is 15.2 Å². The molecule has 0 aromatic heterocycles. The number of rotatable bonds is 9. The van der Waals surface area contributed by atoms with Crippen LogP contribution in [0.5, 0.6) is 5.75 Å². The van der Waals surface area contributed by atoms with Crippen LogP contribution < -0.4 is 10.1 Å². The van der Waals surface area contributed by atoms with Crippen LogP contribution in [-0.4, -0.2) is 79.6 Å². The largest absolute Gasteiger partial charge is 0.489 e. The Bertz CT molecular complexity index is 1070. The lowest BCUT2D eigenvalue weighted by Crippen LogP contribution is -2.56. The smallest absolute Gasteiger partial charge is 0.322 e. The number of piperazine rings is 1. The van der Waals surface area contributed by atoms with Crippen molar-refractivity contribution in [2.75, 3.05) is 39.0 Å². The first-order valence-corrected chi connectivity index (χ1v) is 12.2. The number of carbonyl (C=O) groups excluding carboxylic acids is 1. The van der Waals surface area contributed by atoms with Gasteiger partial charge in [0.05, 0.1) is 6.26 Å². The number of amides is 1. The van der Waals surface area contributed by atoms with E-state index in [1.807, 2.05) is 0 Å². The fourth-order valence-electron chi connectivity index (χ4n) is 3.46. The summed E-state index contributed by atoms with van der Waals surface area (Å²) in [5, 5.41) is 12.2. The topological polar surface area (TPSA) is 116 Å². The van der Waals surface area contributed by atoms with Crippen LogP contribution in [0.3, 0.4) is 0 Å². The molecular weight excluding hydrogens is 453 g/mol. The zero-order chi connectivity index (χ0) is 24.0. The van der Waals surface area contributed by atoms with E-state index in [0.29, 0.717) is 11.3 Å². The van der Waals surface area contributed by atoms with Crippen LogP contribution in [0.1, 0.15) is 15.9 Å². The molecule has 9 nitrogen and oxygen atoms in total. The van der Waals surface area contributed by atoms with E-state index in [1.54, 1.807) is 41.3 Å². The molecule has 2 N–H and O–H groups in total. The predicted octanol–water partition coefficient (Wildman–Crippen LogP) is 1.16. The SMILES string of the molecule is CS(=O)(=O)N1CCN(C(CNC(=O)c2ccc(OCc3ccc(F)cc3)cc2)C(=O)O)CC1. The molecule has 2 aromatic rings. The van der Waals surface area contributed by atoms with Gasteiger partial charge in [0.2, 0.25) is 10.0 Å². The summed E-state index contributed by atoms with van der Waals surface area (Å²) in [5.74, 6) is -1.31. The molecule has 1 heterocycles. The van der Waals surface area contributed by atoms with Gasteiger partial charge in [0.1, 0.15) is 24.2 Å². The maximum absolute atomic E-state index is 13.0. The molecular formula is C22H26FN3O6S. The van der Waals surface area contributed by atoms with Crippen molar-refractivity contribution in [1.29, 1.82) is 0 Å². The summed E-state index contributed by atoms with van der Waals surface area (Å²) in [6, 6.07) is 11.4. The minimum atomic E-state index is -3.32. The zero-order valence-corrected chi connectivity index (χ0v) is 18.9. The molecule has 1 amide bonds. The molecule has 1 aliphatic rings. The van der Waals surface area contributed by atoms with Gasteiger partial charge in [-0.3, -0.25) is 14.5 Å². The molecule has 1 aliphatic heterocycles. The summed E-state index contributed by atoms with van der Waals surface area (Å²) in [7, 11) is -3.32.